The number of anilines is 1. The number of likely N-dealkylation sites (N-methyl/N-ethyl adjacent to an activating group) is 1. The number of nitrogens with one attached hydrogen (secondary N) is 2. The lowest BCUT2D eigenvalue weighted by molar-refractivity contribution is -0.0190. The van der Waals surface area contributed by atoms with Crippen LogP contribution >= 0.6 is 0 Å². The Labute approximate surface area is 253 Å². The molecule has 1 heterocycles. The van der Waals surface area contributed by atoms with Crippen LogP contribution < -0.4 is 15.4 Å². The Balaban J connectivity index is 1.87. The van der Waals surface area contributed by atoms with Gasteiger partial charge in [-0.25, -0.2) is 4.79 Å². The van der Waals surface area contributed by atoms with Crippen LogP contribution in [0.5, 0.6) is 5.75 Å². The van der Waals surface area contributed by atoms with Gasteiger partial charge in [0.05, 0.1) is 30.4 Å². The van der Waals surface area contributed by atoms with Gasteiger partial charge >= 0.3 is 6.03 Å². The molecule has 9 heteroatoms. The van der Waals surface area contributed by atoms with Crippen LogP contribution in [0.15, 0.2) is 18.2 Å². The van der Waals surface area contributed by atoms with Crippen LogP contribution in [0.1, 0.15) is 96.3 Å². The molecule has 1 fully saturated rings. The molecule has 3 N–H and O–H groups in total. The largest absolute Gasteiger partial charge is 0.490 e. The summed E-state index contributed by atoms with van der Waals surface area (Å²) in [6.07, 6.45) is 9.23. The van der Waals surface area contributed by atoms with Gasteiger partial charge in [-0.1, -0.05) is 26.2 Å². The number of amides is 3. The number of aliphatic hydroxyl groups excluding tert-OH is 1. The molecule has 3 rings (SSSR count). The molecule has 9 nitrogen and oxygen atoms in total. The fraction of sp³-hybridized carbons (Fsp3) is 0.758. The highest BCUT2D eigenvalue weighted by Gasteiger charge is 2.31. The maximum atomic E-state index is 14.2. The molecule has 1 aromatic carbocycles. The van der Waals surface area contributed by atoms with E-state index < -0.39 is 6.04 Å². The van der Waals surface area contributed by atoms with Crippen molar-refractivity contribution in [3.05, 3.63) is 23.8 Å². The molecule has 0 aromatic heterocycles. The van der Waals surface area contributed by atoms with Gasteiger partial charge < -0.3 is 35.0 Å². The summed E-state index contributed by atoms with van der Waals surface area (Å²) >= 11 is 0. The van der Waals surface area contributed by atoms with Gasteiger partial charge in [-0.15, -0.1) is 0 Å². The average molecular weight is 589 g/mol. The summed E-state index contributed by atoms with van der Waals surface area (Å²) in [6.45, 7) is 12.6. The van der Waals surface area contributed by atoms with E-state index in [1.807, 2.05) is 27.7 Å². The molecule has 3 amide bonds. The van der Waals surface area contributed by atoms with Crippen molar-refractivity contribution >= 4 is 17.6 Å². The summed E-state index contributed by atoms with van der Waals surface area (Å²) in [4.78, 5) is 30.8. The molecule has 1 aliphatic heterocycles. The number of hydrogen-bond donors (Lipinski definition) is 3. The second-order valence-corrected chi connectivity index (χ2v) is 13.0. The number of ether oxygens (including phenoxy) is 2. The quantitative estimate of drug-likeness (QED) is 0.369. The topological polar surface area (TPSA) is 103 Å². The molecule has 0 unspecified atom stereocenters. The van der Waals surface area contributed by atoms with E-state index in [4.69, 9.17) is 9.47 Å². The van der Waals surface area contributed by atoms with E-state index >= 15 is 0 Å². The summed E-state index contributed by atoms with van der Waals surface area (Å²) in [6, 6.07) is 4.45. The highest BCUT2D eigenvalue weighted by molar-refractivity contribution is 5.99. The van der Waals surface area contributed by atoms with E-state index in [9.17, 15) is 14.7 Å². The van der Waals surface area contributed by atoms with Gasteiger partial charge in [-0.3, -0.25) is 4.79 Å². The molecule has 42 heavy (non-hydrogen) atoms. The van der Waals surface area contributed by atoms with Gasteiger partial charge in [-0.2, -0.15) is 0 Å². The Morgan fingerprint density at radius 1 is 1.07 bits per heavy atom. The number of carbonyl (C=O) groups excluding carboxylic acids is 2. The van der Waals surface area contributed by atoms with Gasteiger partial charge in [0.25, 0.3) is 5.91 Å². The van der Waals surface area contributed by atoms with Crippen molar-refractivity contribution in [2.24, 2.45) is 11.8 Å². The summed E-state index contributed by atoms with van der Waals surface area (Å²) < 4.78 is 12.8. The lowest BCUT2D eigenvalue weighted by Gasteiger charge is -2.36. The third-order valence-electron chi connectivity index (χ3n) is 8.52. The van der Waals surface area contributed by atoms with Crippen LogP contribution in [0, 0.1) is 11.8 Å². The first kappa shape index (κ1) is 34.1. The molecular formula is C33H56N4O5. The molecule has 2 aliphatic rings. The van der Waals surface area contributed by atoms with E-state index in [0.717, 1.165) is 38.3 Å². The van der Waals surface area contributed by atoms with Gasteiger partial charge in [0, 0.05) is 43.9 Å². The van der Waals surface area contributed by atoms with Crippen molar-refractivity contribution in [2.75, 3.05) is 45.2 Å². The summed E-state index contributed by atoms with van der Waals surface area (Å²) in [5, 5.41) is 15.8. The molecule has 0 saturated heterocycles. The number of carbonyl (C=O) groups is 2. The van der Waals surface area contributed by atoms with Crippen molar-refractivity contribution in [1.29, 1.82) is 0 Å². The number of urea groups is 1. The Bertz CT molecular complexity index is 983. The van der Waals surface area contributed by atoms with Crippen molar-refractivity contribution in [3.63, 3.8) is 0 Å². The van der Waals surface area contributed by atoms with Crippen molar-refractivity contribution in [3.8, 4) is 5.75 Å². The number of fused-ring (bicyclic) bond motifs is 1. The highest BCUT2D eigenvalue weighted by Crippen LogP contribution is 2.29. The Morgan fingerprint density at radius 3 is 2.48 bits per heavy atom. The minimum Gasteiger partial charge on any atom is -0.490 e. The van der Waals surface area contributed by atoms with E-state index in [1.54, 1.807) is 23.1 Å². The number of aliphatic hydroxyl groups is 1. The van der Waals surface area contributed by atoms with E-state index in [0.29, 0.717) is 30.2 Å². The molecule has 1 aromatic rings. The first-order valence-corrected chi connectivity index (χ1v) is 16.2. The zero-order valence-electron chi connectivity index (χ0n) is 26.9. The minimum absolute atomic E-state index is 0.0209. The second-order valence-electron chi connectivity index (χ2n) is 13.0. The van der Waals surface area contributed by atoms with Crippen LogP contribution in [0.4, 0.5) is 10.5 Å². The summed E-state index contributed by atoms with van der Waals surface area (Å²) in [5.41, 5.74) is 0.883. The molecule has 4 atom stereocenters. The molecule has 0 radical (unpaired) electrons. The highest BCUT2D eigenvalue weighted by atomic mass is 16.5. The number of rotatable bonds is 8. The average Bonchev–Trinajstić information content (AvgIpc) is 2.94. The molecule has 0 spiro atoms. The summed E-state index contributed by atoms with van der Waals surface area (Å²) in [7, 11) is 2.19. The predicted octanol–water partition coefficient (Wildman–Crippen LogP) is 5.52. The molecule has 1 aliphatic carbocycles. The fourth-order valence-electron chi connectivity index (χ4n) is 6.08. The van der Waals surface area contributed by atoms with Crippen LogP contribution in [-0.4, -0.2) is 91.0 Å². The Kier molecular flexibility index (Phi) is 13.9. The van der Waals surface area contributed by atoms with E-state index in [1.165, 1.54) is 32.1 Å². The minimum atomic E-state index is -0.403. The molecule has 1 saturated carbocycles. The maximum Gasteiger partial charge on any atom is 0.319 e. The maximum absolute atomic E-state index is 14.2. The first-order valence-electron chi connectivity index (χ1n) is 16.2. The Hall–Kier alpha value is -2.36. The zero-order chi connectivity index (χ0) is 30.6. The smallest absolute Gasteiger partial charge is 0.319 e. The molecule has 0 bridgehead atoms. The van der Waals surface area contributed by atoms with E-state index in [2.05, 4.69) is 29.5 Å². The van der Waals surface area contributed by atoms with Crippen LogP contribution in [0.25, 0.3) is 0 Å². The van der Waals surface area contributed by atoms with Gasteiger partial charge in [0.15, 0.2) is 0 Å². The van der Waals surface area contributed by atoms with Gasteiger partial charge in [0.1, 0.15) is 5.75 Å². The van der Waals surface area contributed by atoms with Crippen molar-refractivity contribution in [1.82, 2.24) is 15.1 Å². The lowest BCUT2D eigenvalue weighted by Crippen LogP contribution is -2.47. The van der Waals surface area contributed by atoms with Crippen LogP contribution in [0.2, 0.25) is 0 Å². The van der Waals surface area contributed by atoms with E-state index in [-0.39, 0.29) is 42.7 Å². The lowest BCUT2D eigenvalue weighted by atomic mass is 9.89. The second kappa shape index (κ2) is 17.1. The number of benzene rings is 1. The SMILES string of the molecule is CC(C)NC(=O)Nc1ccc2c(c1)C(=O)N([C@H](C)CO)C[C@H](C)[C@H](CN(C)CC1CCCCC1)OCCCC[C@@H](C)O2. The third-order valence-corrected chi connectivity index (χ3v) is 8.52. The third kappa shape index (κ3) is 10.7. The number of nitrogens with zero attached hydrogens (tertiary/aromatic N) is 2. The van der Waals surface area contributed by atoms with Gasteiger partial charge in [-0.05, 0) is 91.0 Å². The van der Waals surface area contributed by atoms with Crippen molar-refractivity contribution < 1.29 is 24.2 Å². The first-order chi connectivity index (χ1) is 20.1. The van der Waals surface area contributed by atoms with Gasteiger partial charge in [0.2, 0.25) is 0 Å². The fourth-order valence-corrected chi connectivity index (χ4v) is 6.08. The monoisotopic (exact) mass is 588 g/mol. The summed E-state index contributed by atoms with van der Waals surface area (Å²) in [5.74, 6) is 1.04. The molecule has 238 valence electrons. The number of hydrogen-bond acceptors (Lipinski definition) is 6. The standard InChI is InChI=1S/C33H56N4O5/c1-23(2)34-33(40)35-28-15-16-30-29(18-28)32(39)37(25(4)22-38)19-24(3)31(41-17-11-10-12-26(5)42-30)21-36(6)20-27-13-8-7-9-14-27/h15-16,18,23-27,31,38H,7-14,17,19-22H2,1-6H3,(H2,34,35,40)/t24-,25+,26+,31-/m0/s1. The van der Waals surface area contributed by atoms with Crippen LogP contribution in [0.3, 0.4) is 0 Å². The zero-order valence-corrected chi connectivity index (χ0v) is 26.9. The normalized spacial score (nSPS) is 24.1. The van der Waals surface area contributed by atoms with Crippen LogP contribution in [-0.2, 0) is 4.74 Å². The predicted molar refractivity (Wildman–Crippen MR) is 168 cm³/mol. The van der Waals surface area contributed by atoms with Crippen molar-refractivity contribution in [2.45, 2.75) is 110 Å². The Morgan fingerprint density at radius 2 is 1.79 bits per heavy atom. The molecular weight excluding hydrogens is 532 g/mol.